The Morgan fingerprint density at radius 1 is 0.550 bits per heavy atom. The highest BCUT2D eigenvalue weighted by Gasteiger charge is 2.23. The number of carbonyl (C=O) groups excluding carboxylic acids is 4. The van der Waals surface area contributed by atoms with Crippen LogP contribution in [0.5, 0.6) is 0 Å². The molecule has 2 aromatic rings. The molecule has 0 spiro atoms. The predicted octanol–water partition coefficient (Wildman–Crippen LogP) is 0.403. The Hall–Kier alpha value is -4.74. The minimum Gasteiger partial charge on any atom is -0.481 e. The van der Waals surface area contributed by atoms with Gasteiger partial charge in [-0.25, -0.2) is 0 Å². The van der Waals surface area contributed by atoms with Crippen LogP contribution in [0.1, 0.15) is 36.8 Å². The number of rotatable bonds is 17. The van der Waals surface area contributed by atoms with Crippen LogP contribution in [-0.4, -0.2) is 71.0 Å². The average molecular weight is 555 g/mol. The van der Waals surface area contributed by atoms with Crippen LogP contribution in [0.25, 0.3) is 0 Å². The SMILES string of the molecule is O=C(O)CCC(=O)N[C@@H](Cc1ccccc1)C(=O)NCCNC(=O)[C@H](Cc1ccccc1)NC(=O)CCC(=O)O. The molecule has 12 nitrogen and oxygen atoms in total. The first-order chi connectivity index (χ1) is 19.1. The van der Waals surface area contributed by atoms with Gasteiger partial charge in [0.1, 0.15) is 12.1 Å². The average Bonchev–Trinajstić information content (AvgIpc) is 2.93. The van der Waals surface area contributed by atoms with Gasteiger partial charge in [0, 0.05) is 38.8 Å². The lowest BCUT2D eigenvalue weighted by Gasteiger charge is -2.20. The molecule has 2 rings (SSSR count). The van der Waals surface area contributed by atoms with Gasteiger partial charge in [0.15, 0.2) is 0 Å². The summed E-state index contributed by atoms with van der Waals surface area (Å²) in [6.07, 6.45) is -0.919. The highest BCUT2D eigenvalue weighted by Crippen LogP contribution is 2.06. The largest absolute Gasteiger partial charge is 0.481 e. The third-order valence-electron chi connectivity index (χ3n) is 5.72. The molecular formula is C28H34N4O8. The van der Waals surface area contributed by atoms with Crippen LogP contribution in [0.15, 0.2) is 60.7 Å². The Morgan fingerprint density at radius 2 is 0.900 bits per heavy atom. The number of carboxylic acid groups (broad SMARTS) is 2. The summed E-state index contributed by atoms with van der Waals surface area (Å²) in [5.41, 5.74) is 1.58. The predicted molar refractivity (Wildman–Crippen MR) is 144 cm³/mol. The van der Waals surface area contributed by atoms with E-state index in [2.05, 4.69) is 21.3 Å². The zero-order valence-corrected chi connectivity index (χ0v) is 21.9. The second-order valence-corrected chi connectivity index (χ2v) is 8.99. The molecule has 0 aliphatic carbocycles. The summed E-state index contributed by atoms with van der Waals surface area (Å²) in [7, 11) is 0. The molecule has 2 atom stereocenters. The zero-order chi connectivity index (χ0) is 29.3. The van der Waals surface area contributed by atoms with E-state index < -0.39 is 47.7 Å². The third kappa shape index (κ3) is 12.7. The fraction of sp³-hybridized carbons (Fsp3) is 0.357. The maximum Gasteiger partial charge on any atom is 0.303 e. The number of aliphatic carboxylic acids is 2. The van der Waals surface area contributed by atoms with Crippen molar-refractivity contribution in [2.24, 2.45) is 0 Å². The van der Waals surface area contributed by atoms with Gasteiger partial charge < -0.3 is 31.5 Å². The Morgan fingerprint density at radius 3 is 1.23 bits per heavy atom. The quantitative estimate of drug-likeness (QED) is 0.151. The van der Waals surface area contributed by atoms with E-state index in [1.807, 2.05) is 12.1 Å². The third-order valence-corrected chi connectivity index (χ3v) is 5.72. The van der Waals surface area contributed by atoms with Crippen molar-refractivity contribution in [1.82, 2.24) is 21.3 Å². The Kier molecular flexibility index (Phi) is 13.4. The summed E-state index contributed by atoms with van der Waals surface area (Å²) in [5.74, 6) is -4.42. The molecule has 0 aromatic heterocycles. The number of carbonyl (C=O) groups is 6. The lowest BCUT2D eigenvalue weighted by molar-refractivity contribution is -0.139. The Balaban J connectivity index is 1.94. The Labute approximate surface area is 231 Å². The molecule has 0 radical (unpaired) electrons. The second kappa shape index (κ2) is 17.0. The monoisotopic (exact) mass is 554 g/mol. The molecule has 0 unspecified atom stereocenters. The van der Waals surface area contributed by atoms with E-state index in [0.29, 0.717) is 0 Å². The smallest absolute Gasteiger partial charge is 0.303 e. The maximum atomic E-state index is 12.9. The number of benzene rings is 2. The maximum absolute atomic E-state index is 12.9. The normalized spacial score (nSPS) is 11.9. The van der Waals surface area contributed by atoms with E-state index in [1.54, 1.807) is 48.5 Å². The first-order valence-electron chi connectivity index (χ1n) is 12.8. The van der Waals surface area contributed by atoms with Crippen molar-refractivity contribution in [2.45, 2.75) is 50.6 Å². The van der Waals surface area contributed by atoms with Gasteiger partial charge in [-0.15, -0.1) is 0 Å². The van der Waals surface area contributed by atoms with Gasteiger partial charge in [-0.05, 0) is 11.1 Å². The molecule has 40 heavy (non-hydrogen) atoms. The fourth-order valence-electron chi connectivity index (χ4n) is 3.71. The van der Waals surface area contributed by atoms with Crippen molar-refractivity contribution in [3.63, 3.8) is 0 Å². The van der Waals surface area contributed by atoms with Crippen LogP contribution in [-0.2, 0) is 41.6 Å². The number of hydrogen-bond acceptors (Lipinski definition) is 6. The number of amides is 4. The highest BCUT2D eigenvalue weighted by atomic mass is 16.4. The van der Waals surface area contributed by atoms with Gasteiger partial charge in [0.25, 0.3) is 0 Å². The summed E-state index contributed by atoms with van der Waals surface area (Å²) in [6.45, 7) is 0.0394. The van der Waals surface area contributed by atoms with Crippen LogP contribution in [0.2, 0.25) is 0 Å². The van der Waals surface area contributed by atoms with E-state index >= 15 is 0 Å². The molecule has 214 valence electrons. The van der Waals surface area contributed by atoms with Crippen molar-refractivity contribution >= 4 is 35.6 Å². The van der Waals surface area contributed by atoms with Crippen LogP contribution in [0.3, 0.4) is 0 Å². The standard InChI is InChI=1S/C28H34N4O8/c33-23(11-13-25(35)36)31-21(17-19-7-3-1-4-8-19)27(39)29-15-16-30-28(40)22(18-20-9-5-2-6-10-20)32-24(34)12-14-26(37)38/h1-10,21-22H,11-18H2,(H,29,39)(H,30,40)(H,31,33)(H,32,34)(H,35,36)(H,37,38)/t21-,22-/m0/s1. The molecule has 6 N–H and O–H groups in total. The van der Waals surface area contributed by atoms with Crippen LogP contribution in [0, 0.1) is 0 Å². The molecule has 4 amide bonds. The lowest BCUT2D eigenvalue weighted by atomic mass is 10.0. The van der Waals surface area contributed by atoms with E-state index in [9.17, 15) is 28.8 Å². The van der Waals surface area contributed by atoms with E-state index in [1.165, 1.54) is 0 Å². The summed E-state index contributed by atoms with van der Waals surface area (Å²) < 4.78 is 0. The molecule has 0 saturated heterocycles. The molecule has 0 fully saturated rings. The van der Waals surface area contributed by atoms with E-state index in [4.69, 9.17) is 10.2 Å². The Bertz CT molecular complexity index is 1070. The zero-order valence-electron chi connectivity index (χ0n) is 21.9. The van der Waals surface area contributed by atoms with Crippen molar-refractivity contribution < 1.29 is 39.0 Å². The number of nitrogens with one attached hydrogen (secondary N) is 4. The minimum atomic E-state index is -1.13. The number of carboxylic acids is 2. The van der Waals surface area contributed by atoms with Gasteiger partial charge >= 0.3 is 11.9 Å². The van der Waals surface area contributed by atoms with Crippen LogP contribution >= 0.6 is 0 Å². The van der Waals surface area contributed by atoms with Gasteiger partial charge in [0.2, 0.25) is 23.6 Å². The summed E-state index contributed by atoms with van der Waals surface area (Å²) >= 11 is 0. The van der Waals surface area contributed by atoms with Gasteiger partial charge in [-0.3, -0.25) is 28.8 Å². The molecule has 0 bridgehead atoms. The highest BCUT2D eigenvalue weighted by molar-refractivity contribution is 5.90. The van der Waals surface area contributed by atoms with Crippen molar-refractivity contribution in [1.29, 1.82) is 0 Å². The summed E-state index contributed by atoms with van der Waals surface area (Å²) in [6, 6.07) is 16.0. The first-order valence-corrected chi connectivity index (χ1v) is 12.8. The van der Waals surface area contributed by atoms with E-state index in [0.717, 1.165) is 11.1 Å². The van der Waals surface area contributed by atoms with Crippen molar-refractivity contribution in [2.75, 3.05) is 13.1 Å². The van der Waals surface area contributed by atoms with Gasteiger partial charge in [-0.2, -0.15) is 0 Å². The molecule has 0 saturated carbocycles. The van der Waals surface area contributed by atoms with E-state index in [-0.39, 0.29) is 51.6 Å². The van der Waals surface area contributed by atoms with Gasteiger partial charge in [-0.1, -0.05) is 60.7 Å². The van der Waals surface area contributed by atoms with Gasteiger partial charge in [0.05, 0.1) is 12.8 Å². The van der Waals surface area contributed by atoms with Crippen molar-refractivity contribution in [3.05, 3.63) is 71.8 Å². The first kappa shape index (κ1) is 31.5. The minimum absolute atomic E-state index is 0.0197. The number of hydrogen-bond donors (Lipinski definition) is 6. The topological polar surface area (TPSA) is 191 Å². The second-order valence-electron chi connectivity index (χ2n) is 8.99. The van der Waals surface area contributed by atoms with Crippen LogP contribution in [0.4, 0.5) is 0 Å². The lowest BCUT2D eigenvalue weighted by Crippen LogP contribution is -2.51. The molecule has 0 aliphatic rings. The molecule has 0 aliphatic heterocycles. The molecule has 12 heteroatoms. The molecule has 0 heterocycles. The fourth-order valence-corrected chi connectivity index (χ4v) is 3.71. The summed E-state index contributed by atoms with van der Waals surface area (Å²) in [5, 5.41) is 28.1. The van der Waals surface area contributed by atoms with Crippen LogP contribution < -0.4 is 21.3 Å². The van der Waals surface area contributed by atoms with Crippen molar-refractivity contribution in [3.8, 4) is 0 Å². The molecule has 2 aromatic carbocycles. The summed E-state index contributed by atoms with van der Waals surface area (Å²) in [4.78, 5) is 71.6. The molecular weight excluding hydrogens is 520 g/mol.